The zero-order chi connectivity index (χ0) is 17.1. The monoisotopic (exact) mass is 330 g/mol. The number of aromatic nitrogens is 1. The largest absolute Gasteiger partial charge is 0.378 e. The van der Waals surface area contributed by atoms with Crippen LogP contribution < -0.4 is 10.9 Å². The minimum atomic E-state index is -0.319. The summed E-state index contributed by atoms with van der Waals surface area (Å²) < 4.78 is 19.8. The predicted molar refractivity (Wildman–Crippen MR) is 88.4 cm³/mol. The minimum Gasteiger partial charge on any atom is -0.378 e. The first-order valence-electron chi connectivity index (χ1n) is 7.95. The zero-order valence-corrected chi connectivity index (χ0v) is 13.4. The summed E-state index contributed by atoms with van der Waals surface area (Å²) in [5.74, 6) is -0.694. The molecule has 1 aliphatic rings. The van der Waals surface area contributed by atoms with E-state index < -0.39 is 0 Å². The number of hydrogen-bond donors (Lipinski definition) is 1. The Bertz CT molecular complexity index is 786. The quantitative estimate of drug-likeness (QED) is 0.885. The molecule has 0 unspecified atom stereocenters. The first-order chi connectivity index (χ1) is 11.6. The van der Waals surface area contributed by atoms with E-state index in [-0.39, 0.29) is 35.0 Å². The molecule has 24 heavy (non-hydrogen) atoms. The van der Waals surface area contributed by atoms with Crippen molar-refractivity contribution in [3.63, 3.8) is 0 Å². The van der Waals surface area contributed by atoms with Gasteiger partial charge in [-0.1, -0.05) is 12.1 Å². The highest BCUT2D eigenvalue weighted by Crippen LogP contribution is 2.34. The van der Waals surface area contributed by atoms with Gasteiger partial charge in [0, 0.05) is 12.8 Å². The van der Waals surface area contributed by atoms with Gasteiger partial charge in [0.2, 0.25) is 5.91 Å². The SMILES string of the molecule is CCO[C@@H]1C[C@@H]1C(=O)Nc1cccn(Cc2ccc(F)cc2)c1=O. The number of nitrogens with one attached hydrogen (secondary N) is 1. The topological polar surface area (TPSA) is 60.3 Å². The number of benzene rings is 1. The van der Waals surface area contributed by atoms with Crippen molar-refractivity contribution in [1.29, 1.82) is 0 Å². The molecule has 0 saturated heterocycles. The van der Waals surface area contributed by atoms with Gasteiger partial charge in [-0.3, -0.25) is 9.59 Å². The van der Waals surface area contributed by atoms with Crippen molar-refractivity contribution in [3.8, 4) is 0 Å². The van der Waals surface area contributed by atoms with Crippen LogP contribution in [0.5, 0.6) is 0 Å². The van der Waals surface area contributed by atoms with Crippen molar-refractivity contribution < 1.29 is 13.9 Å². The maximum atomic E-state index is 13.0. The molecule has 0 aliphatic heterocycles. The third-order valence-corrected chi connectivity index (χ3v) is 3.99. The number of nitrogens with zero attached hydrogens (tertiary/aromatic N) is 1. The van der Waals surface area contributed by atoms with E-state index in [4.69, 9.17) is 4.74 Å². The molecule has 1 aliphatic carbocycles. The van der Waals surface area contributed by atoms with Crippen LogP contribution in [-0.2, 0) is 16.1 Å². The molecule has 1 fully saturated rings. The Labute approximate surface area is 139 Å². The Morgan fingerprint density at radius 1 is 1.33 bits per heavy atom. The Kier molecular flexibility index (Phi) is 4.76. The molecule has 1 aromatic carbocycles. The molecule has 6 heteroatoms. The maximum absolute atomic E-state index is 13.0. The highest BCUT2D eigenvalue weighted by atomic mass is 19.1. The van der Waals surface area contributed by atoms with E-state index in [1.807, 2.05) is 6.92 Å². The third-order valence-electron chi connectivity index (χ3n) is 3.99. The molecule has 1 saturated carbocycles. The second-order valence-electron chi connectivity index (χ2n) is 5.81. The van der Waals surface area contributed by atoms with Crippen molar-refractivity contribution in [2.45, 2.75) is 26.0 Å². The molecule has 0 bridgehead atoms. The van der Waals surface area contributed by atoms with Gasteiger partial charge >= 0.3 is 0 Å². The summed E-state index contributed by atoms with van der Waals surface area (Å²) >= 11 is 0. The molecular formula is C18H19FN2O3. The van der Waals surface area contributed by atoms with Crippen molar-refractivity contribution in [2.24, 2.45) is 5.92 Å². The molecule has 3 rings (SSSR count). The van der Waals surface area contributed by atoms with Gasteiger partial charge in [0.15, 0.2) is 0 Å². The Balaban J connectivity index is 1.70. The van der Waals surface area contributed by atoms with E-state index >= 15 is 0 Å². The summed E-state index contributed by atoms with van der Waals surface area (Å²) in [4.78, 5) is 24.6. The average molecular weight is 330 g/mol. The van der Waals surface area contributed by atoms with E-state index in [2.05, 4.69) is 5.32 Å². The number of ether oxygens (including phenoxy) is 1. The highest BCUT2D eigenvalue weighted by Gasteiger charge is 2.44. The van der Waals surface area contributed by atoms with Gasteiger partial charge in [-0.05, 0) is 43.2 Å². The van der Waals surface area contributed by atoms with E-state index in [9.17, 15) is 14.0 Å². The maximum Gasteiger partial charge on any atom is 0.274 e. The number of carbonyl (C=O) groups excluding carboxylic acids is 1. The third kappa shape index (κ3) is 3.71. The fraction of sp³-hybridized carbons (Fsp3) is 0.333. The second kappa shape index (κ2) is 6.97. The minimum absolute atomic E-state index is 0.0415. The van der Waals surface area contributed by atoms with Crippen LogP contribution in [0.15, 0.2) is 47.4 Å². The summed E-state index contributed by atoms with van der Waals surface area (Å²) in [7, 11) is 0. The van der Waals surface area contributed by atoms with Gasteiger partial charge in [-0.25, -0.2) is 4.39 Å². The molecule has 1 N–H and O–H groups in total. The number of pyridine rings is 1. The summed E-state index contributed by atoms with van der Waals surface area (Å²) in [6.45, 7) is 2.77. The first-order valence-corrected chi connectivity index (χ1v) is 7.95. The lowest BCUT2D eigenvalue weighted by molar-refractivity contribution is -0.118. The van der Waals surface area contributed by atoms with Crippen molar-refractivity contribution in [3.05, 3.63) is 64.3 Å². The average Bonchev–Trinajstić information content (AvgIpc) is 3.33. The summed E-state index contributed by atoms with van der Waals surface area (Å²) in [6, 6.07) is 9.25. The van der Waals surface area contributed by atoms with Crippen molar-refractivity contribution in [2.75, 3.05) is 11.9 Å². The number of anilines is 1. The molecule has 126 valence electrons. The normalized spacial score (nSPS) is 19.1. The Morgan fingerprint density at radius 3 is 2.79 bits per heavy atom. The Morgan fingerprint density at radius 2 is 2.08 bits per heavy atom. The molecule has 5 nitrogen and oxygen atoms in total. The zero-order valence-electron chi connectivity index (χ0n) is 13.4. The van der Waals surface area contributed by atoms with Crippen LogP contribution in [0.1, 0.15) is 18.9 Å². The van der Waals surface area contributed by atoms with Gasteiger partial charge < -0.3 is 14.6 Å². The van der Waals surface area contributed by atoms with Gasteiger partial charge in [0.05, 0.1) is 18.6 Å². The smallest absolute Gasteiger partial charge is 0.274 e. The number of amides is 1. The Hall–Kier alpha value is -2.47. The second-order valence-corrected chi connectivity index (χ2v) is 5.81. The van der Waals surface area contributed by atoms with Gasteiger partial charge in [-0.2, -0.15) is 0 Å². The number of hydrogen-bond acceptors (Lipinski definition) is 3. The van der Waals surface area contributed by atoms with Crippen LogP contribution in [-0.4, -0.2) is 23.2 Å². The fourth-order valence-corrected chi connectivity index (χ4v) is 2.61. The molecule has 0 radical (unpaired) electrons. The molecule has 2 atom stereocenters. The first kappa shape index (κ1) is 16.4. The molecule has 2 aromatic rings. The summed E-state index contributed by atoms with van der Waals surface area (Å²) in [6.07, 6.45) is 2.29. The van der Waals surface area contributed by atoms with Crippen molar-refractivity contribution >= 4 is 11.6 Å². The number of carbonyl (C=O) groups is 1. The molecular weight excluding hydrogens is 311 g/mol. The number of rotatable bonds is 6. The fourth-order valence-electron chi connectivity index (χ4n) is 2.61. The lowest BCUT2D eigenvalue weighted by Gasteiger charge is -2.09. The lowest BCUT2D eigenvalue weighted by atomic mass is 10.2. The van der Waals surface area contributed by atoms with Crippen LogP contribution in [0.4, 0.5) is 10.1 Å². The predicted octanol–water partition coefficient (Wildman–Crippen LogP) is 2.40. The number of halogens is 1. The molecule has 1 heterocycles. The van der Waals surface area contributed by atoms with Gasteiger partial charge in [-0.15, -0.1) is 0 Å². The van der Waals surface area contributed by atoms with E-state index in [1.54, 1.807) is 30.5 Å². The summed E-state index contributed by atoms with van der Waals surface area (Å²) in [5, 5.41) is 2.68. The van der Waals surface area contributed by atoms with Gasteiger partial charge in [0.1, 0.15) is 11.5 Å². The van der Waals surface area contributed by atoms with Crippen LogP contribution >= 0.6 is 0 Å². The van der Waals surface area contributed by atoms with Crippen LogP contribution in [0.25, 0.3) is 0 Å². The lowest BCUT2D eigenvalue weighted by Crippen LogP contribution is -2.27. The van der Waals surface area contributed by atoms with Crippen LogP contribution in [0.2, 0.25) is 0 Å². The van der Waals surface area contributed by atoms with E-state index in [1.165, 1.54) is 16.7 Å². The van der Waals surface area contributed by atoms with E-state index in [0.29, 0.717) is 19.6 Å². The van der Waals surface area contributed by atoms with Crippen molar-refractivity contribution in [1.82, 2.24) is 4.57 Å². The van der Waals surface area contributed by atoms with Gasteiger partial charge in [0.25, 0.3) is 5.56 Å². The summed E-state index contributed by atoms with van der Waals surface area (Å²) in [5.41, 5.74) is 0.760. The standard InChI is InChI=1S/C18H19FN2O3/c1-2-24-16-10-14(16)17(22)20-15-4-3-9-21(18(15)23)11-12-5-7-13(19)8-6-12/h3-9,14,16H,2,10-11H2,1H3,(H,20,22)/t14-,16+/m0/s1. The molecule has 0 spiro atoms. The highest BCUT2D eigenvalue weighted by molar-refractivity contribution is 5.94. The molecule has 1 amide bonds. The van der Waals surface area contributed by atoms with E-state index in [0.717, 1.165) is 5.56 Å². The van der Waals surface area contributed by atoms with Crippen LogP contribution in [0.3, 0.4) is 0 Å². The molecule has 1 aromatic heterocycles. The van der Waals surface area contributed by atoms with Crippen LogP contribution in [0, 0.1) is 11.7 Å².